The summed E-state index contributed by atoms with van der Waals surface area (Å²) in [6.07, 6.45) is 4.13. The number of carbonyl (C=O) groups is 1. The van der Waals surface area contributed by atoms with Crippen molar-refractivity contribution in [2.24, 2.45) is 7.05 Å². The molecule has 0 saturated carbocycles. The van der Waals surface area contributed by atoms with E-state index in [1.807, 2.05) is 6.92 Å². The highest BCUT2D eigenvalue weighted by Crippen LogP contribution is 2.17. The molecular formula is C10H10N4O2. The standard InChI is InChI=1S/C10H10N4O2/c1-6-7(3-4-9(15)16)11-5-8-10(6)12-13-14(8)2/h3-5H,1-2H3,(H,15,16)/b4-3+. The van der Waals surface area contributed by atoms with Crippen LogP contribution >= 0.6 is 0 Å². The number of aryl methyl sites for hydroxylation is 2. The molecule has 0 aromatic carbocycles. The van der Waals surface area contributed by atoms with E-state index in [4.69, 9.17) is 5.11 Å². The molecule has 0 spiro atoms. The normalized spacial score (nSPS) is 11.4. The van der Waals surface area contributed by atoms with Crippen molar-refractivity contribution < 1.29 is 9.90 Å². The molecule has 0 atom stereocenters. The minimum atomic E-state index is -1.000. The number of pyridine rings is 1. The molecule has 0 aliphatic carbocycles. The Labute approximate surface area is 91.2 Å². The molecule has 0 aliphatic heterocycles. The Kier molecular flexibility index (Phi) is 2.40. The number of carboxylic acids is 1. The Hall–Kier alpha value is -2.24. The highest BCUT2D eigenvalue weighted by Gasteiger charge is 2.08. The van der Waals surface area contributed by atoms with E-state index in [2.05, 4.69) is 15.3 Å². The average Bonchev–Trinajstić information content (AvgIpc) is 2.60. The summed E-state index contributed by atoms with van der Waals surface area (Å²) in [4.78, 5) is 14.6. The summed E-state index contributed by atoms with van der Waals surface area (Å²) < 4.78 is 1.63. The highest BCUT2D eigenvalue weighted by atomic mass is 16.4. The third kappa shape index (κ3) is 1.65. The molecule has 0 radical (unpaired) electrons. The largest absolute Gasteiger partial charge is 0.478 e. The SMILES string of the molecule is Cc1c(/C=C/C(=O)O)ncc2c1nnn2C. The number of hydrogen-bond donors (Lipinski definition) is 1. The summed E-state index contributed by atoms with van der Waals surface area (Å²) in [5.74, 6) is -1.000. The molecule has 6 heteroatoms. The molecular weight excluding hydrogens is 208 g/mol. The van der Waals surface area contributed by atoms with E-state index >= 15 is 0 Å². The van der Waals surface area contributed by atoms with Gasteiger partial charge in [0.2, 0.25) is 0 Å². The quantitative estimate of drug-likeness (QED) is 0.753. The van der Waals surface area contributed by atoms with Crippen LogP contribution in [0.5, 0.6) is 0 Å². The van der Waals surface area contributed by atoms with Crippen LogP contribution in [0.15, 0.2) is 12.3 Å². The van der Waals surface area contributed by atoms with E-state index in [-0.39, 0.29) is 0 Å². The molecule has 2 aromatic heterocycles. The van der Waals surface area contributed by atoms with Crippen molar-refractivity contribution in [3.8, 4) is 0 Å². The fourth-order valence-electron chi connectivity index (χ4n) is 1.44. The van der Waals surface area contributed by atoms with Gasteiger partial charge in [0.25, 0.3) is 0 Å². The Bertz CT molecular complexity index is 586. The molecule has 6 nitrogen and oxygen atoms in total. The minimum Gasteiger partial charge on any atom is -0.478 e. The Morgan fingerprint density at radius 1 is 1.56 bits per heavy atom. The van der Waals surface area contributed by atoms with Gasteiger partial charge in [-0.05, 0) is 13.0 Å². The summed E-state index contributed by atoms with van der Waals surface area (Å²) in [5.41, 5.74) is 2.98. The first-order valence-electron chi connectivity index (χ1n) is 4.65. The maximum atomic E-state index is 10.4. The van der Waals surface area contributed by atoms with Crippen molar-refractivity contribution in [2.45, 2.75) is 6.92 Å². The maximum absolute atomic E-state index is 10.4. The number of carboxylic acid groups (broad SMARTS) is 1. The molecule has 1 N–H and O–H groups in total. The Morgan fingerprint density at radius 2 is 2.31 bits per heavy atom. The average molecular weight is 218 g/mol. The Morgan fingerprint density at radius 3 is 3.00 bits per heavy atom. The summed E-state index contributed by atoms with van der Waals surface area (Å²) >= 11 is 0. The van der Waals surface area contributed by atoms with E-state index in [1.54, 1.807) is 17.9 Å². The summed E-state index contributed by atoms with van der Waals surface area (Å²) in [7, 11) is 1.78. The first-order chi connectivity index (χ1) is 7.59. The highest BCUT2D eigenvalue weighted by molar-refractivity contribution is 5.87. The van der Waals surface area contributed by atoms with Gasteiger partial charge in [-0.15, -0.1) is 5.10 Å². The van der Waals surface area contributed by atoms with Crippen LogP contribution in [0, 0.1) is 6.92 Å². The molecule has 0 bridgehead atoms. The Balaban J connectivity index is 2.57. The van der Waals surface area contributed by atoms with Crippen molar-refractivity contribution in [2.75, 3.05) is 0 Å². The van der Waals surface area contributed by atoms with Crippen molar-refractivity contribution in [3.63, 3.8) is 0 Å². The fourth-order valence-corrected chi connectivity index (χ4v) is 1.44. The zero-order chi connectivity index (χ0) is 11.7. The third-order valence-corrected chi connectivity index (χ3v) is 2.32. The zero-order valence-electron chi connectivity index (χ0n) is 8.88. The van der Waals surface area contributed by atoms with Crippen LogP contribution in [-0.2, 0) is 11.8 Å². The lowest BCUT2D eigenvalue weighted by Gasteiger charge is -1.99. The van der Waals surface area contributed by atoms with E-state index in [0.29, 0.717) is 5.69 Å². The van der Waals surface area contributed by atoms with Crippen LogP contribution in [0.25, 0.3) is 17.1 Å². The van der Waals surface area contributed by atoms with Crippen molar-refractivity contribution in [1.29, 1.82) is 0 Å². The smallest absolute Gasteiger partial charge is 0.328 e. The van der Waals surface area contributed by atoms with E-state index in [1.165, 1.54) is 6.08 Å². The number of aliphatic carboxylic acids is 1. The van der Waals surface area contributed by atoms with E-state index < -0.39 is 5.97 Å². The monoisotopic (exact) mass is 218 g/mol. The number of rotatable bonds is 2. The van der Waals surface area contributed by atoms with Crippen LogP contribution in [0.3, 0.4) is 0 Å². The van der Waals surface area contributed by atoms with Crippen molar-refractivity contribution in [1.82, 2.24) is 20.0 Å². The zero-order valence-corrected chi connectivity index (χ0v) is 8.88. The predicted octanol–water partition coefficient (Wildman–Crippen LogP) is 0.770. The van der Waals surface area contributed by atoms with E-state index in [9.17, 15) is 4.79 Å². The van der Waals surface area contributed by atoms with Crippen molar-refractivity contribution in [3.05, 3.63) is 23.5 Å². The van der Waals surface area contributed by atoms with Gasteiger partial charge in [-0.2, -0.15) is 0 Å². The lowest BCUT2D eigenvalue weighted by atomic mass is 10.2. The second kappa shape index (κ2) is 3.73. The molecule has 0 aliphatic rings. The molecule has 2 heterocycles. The predicted molar refractivity (Wildman–Crippen MR) is 57.7 cm³/mol. The third-order valence-electron chi connectivity index (χ3n) is 2.32. The fraction of sp³-hybridized carbons (Fsp3) is 0.200. The van der Waals surface area contributed by atoms with Gasteiger partial charge in [-0.1, -0.05) is 5.21 Å². The maximum Gasteiger partial charge on any atom is 0.328 e. The van der Waals surface area contributed by atoms with Gasteiger partial charge >= 0.3 is 5.97 Å². The van der Waals surface area contributed by atoms with Gasteiger partial charge < -0.3 is 5.11 Å². The molecule has 82 valence electrons. The van der Waals surface area contributed by atoms with Crippen LogP contribution in [0.1, 0.15) is 11.3 Å². The van der Waals surface area contributed by atoms with Crippen molar-refractivity contribution >= 4 is 23.1 Å². The second-order valence-electron chi connectivity index (χ2n) is 3.39. The molecule has 2 rings (SSSR count). The van der Waals surface area contributed by atoms with Gasteiger partial charge in [-0.25, -0.2) is 9.48 Å². The first-order valence-corrected chi connectivity index (χ1v) is 4.65. The number of aromatic nitrogens is 4. The van der Waals surface area contributed by atoms with Gasteiger partial charge in [0, 0.05) is 18.7 Å². The first kappa shape index (κ1) is 10.3. The molecule has 0 amide bonds. The topological polar surface area (TPSA) is 80.9 Å². The van der Waals surface area contributed by atoms with Gasteiger partial charge in [-0.3, -0.25) is 4.98 Å². The van der Waals surface area contributed by atoms with Gasteiger partial charge in [0.05, 0.1) is 11.9 Å². The molecule has 2 aromatic rings. The molecule has 0 saturated heterocycles. The summed E-state index contributed by atoms with van der Waals surface area (Å²) in [6.45, 7) is 1.84. The van der Waals surface area contributed by atoms with Crippen LogP contribution < -0.4 is 0 Å². The van der Waals surface area contributed by atoms with Gasteiger partial charge in [0.15, 0.2) is 0 Å². The molecule has 16 heavy (non-hydrogen) atoms. The number of fused-ring (bicyclic) bond motifs is 1. The number of hydrogen-bond acceptors (Lipinski definition) is 4. The van der Waals surface area contributed by atoms with Gasteiger partial charge in [0.1, 0.15) is 11.0 Å². The van der Waals surface area contributed by atoms with Crippen LogP contribution in [0.4, 0.5) is 0 Å². The molecule has 0 fully saturated rings. The van der Waals surface area contributed by atoms with Crippen LogP contribution in [0.2, 0.25) is 0 Å². The number of nitrogens with zero attached hydrogens (tertiary/aromatic N) is 4. The second-order valence-corrected chi connectivity index (χ2v) is 3.39. The van der Waals surface area contributed by atoms with E-state index in [0.717, 1.165) is 22.7 Å². The minimum absolute atomic E-state index is 0.593. The summed E-state index contributed by atoms with van der Waals surface area (Å²) in [5, 5.41) is 16.4. The molecule has 0 unspecified atom stereocenters. The van der Waals surface area contributed by atoms with Crippen LogP contribution in [-0.4, -0.2) is 31.1 Å². The summed E-state index contributed by atoms with van der Waals surface area (Å²) in [6, 6.07) is 0. The lowest BCUT2D eigenvalue weighted by molar-refractivity contribution is -0.131. The lowest BCUT2D eigenvalue weighted by Crippen LogP contribution is -1.93.